The van der Waals surface area contributed by atoms with E-state index < -0.39 is 20.0 Å². The summed E-state index contributed by atoms with van der Waals surface area (Å²) in [5.41, 5.74) is 0.617. The molecule has 2 aromatic carbocycles. The summed E-state index contributed by atoms with van der Waals surface area (Å²) in [6, 6.07) is 13.8. The van der Waals surface area contributed by atoms with Crippen LogP contribution in [0.1, 0.15) is 5.69 Å². The van der Waals surface area contributed by atoms with Crippen LogP contribution < -0.4 is 18.9 Å². The van der Waals surface area contributed by atoms with Crippen LogP contribution in [-0.2, 0) is 26.7 Å². The molecular formula is C29H23Cl6N7O6S3. The van der Waals surface area contributed by atoms with E-state index in [9.17, 15) is 16.8 Å². The molecule has 0 aliphatic heterocycles. The highest BCUT2D eigenvalue weighted by molar-refractivity contribution is 7.98. The molecule has 0 fully saturated rings. The molecule has 0 saturated carbocycles. The van der Waals surface area contributed by atoms with E-state index in [0.717, 1.165) is 0 Å². The lowest BCUT2D eigenvalue weighted by atomic mass is 10.4. The first kappa shape index (κ1) is 40.7. The number of nitrogens with one attached hydrogen (secondary N) is 2. The number of sulfonamides is 2. The van der Waals surface area contributed by atoms with Gasteiger partial charge in [-0.3, -0.25) is 14.4 Å². The van der Waals surface area contributed by atoms with Crippen LogP contribution >= 0.6 is 81.4 Å². The predicted octanol–water partition coefficient (Wildman–Crippen LogP) is 8.19. The molecule has 5 aromatic rings. The molecule has 0 aliphatic carbocycles. The molecule has 270 valence electrons. The van der Waals surface area contributed by atoms with E-state index in [2.05, 4.69) is 34.4 Å². The summed E-state index contributed by atoms with van der Waals surface area (Å²) in [6.07, 6.45) is 5.91. The summed E-state index contributed by atoms with van der Waals surface area (Å²) >= 11 is 36.9. The SMILES string of the molecule is CSCCOc1nc(Cl)cnc1NS(=O)(=O)c1cccc(Cl)c1Cl.O=S(=O)(Nc1ncc(Cl)nc1OCc1ccccn1)c1cccc(Cl)c1Cl. The highest BCUT2D eigenvalue weighted by Gasteiger charge is 2.24. The van der Waals surface area contributed by atoms with Gasteiger partial charge < -0.3 is 9.47 Å². The fourth-order valence-electron chi connectivity index (χ4n) is 3.64. The Morgan fingerprint density at radius 3 is 1.65 bits per heavy atom. The predicted molar refractivity (Wildman–Crippen MR) is 201 cm³/mol. The number of ether oxygens (including phenoxy) is 2. The zero-order chi connectivity index (χ0) is 37.2. The first-order valence-electron chi connectivity index (χ1n) is 13.8. The fourth-order valence-corrected chi connectivity index (χ4v) is 7.68. The Morgan fingerprint density at radius 1 is 0.667 bits per heavy atom. The lowest BCUT2D eigenvalue weighted by molar-refractivity contribution is 0.290. The largest absolute Gasteiger partial charge is 0.474 e. The number of nitrogens with zero attached hydrogens (tertiary/aromatic N) is 5. The number of rotatable bonds is 13. The summed E-state index contributed by atoms with van der Waals surface area (Å²) in [5.74, 6) is 0.344. The summed E-state index contributed by atoms with van der Waals surface area (Å²) in [5, 5.41) is 0.155. The molecule has 0 spiro atoms. The van der Waals surface area contributed by atoms with Crippen molar-refractivity contribution in [3.8, 4) is 11.8 Å². The van der Waals surface area contributed by atoms with Gasteiger partial charge in [0.2, 0.25) is 11.6 Å². The lowest BCUT2D eigenvalue weighted by Crippen LogP contribution is -2.16. The molecule has 51 heavy (non-hydrogen) atoms. The first-order valence-corrected chi connectivity index (χ1v) is 20.5. The van der Waals surface area contributed by atoms with Gasteiger partial charge in [-0.15, -0.1) is 0 Å². The molecular weight excluding hydrogens is 851 g/mol. The number of halogens is 6. The van der Waals surface area contributed by atoms with Gasteiger partial charge in [0.25, 0.3) is 31.8 Å². The Morgan fingerprint density at radius 2 is 1.18 bits per heavy atom. The highest BCUT2D eigenvalue weighted by atomic mass is 35.5. The Labute approximate surface area is 327 Å². The molecule has 0 aliphatic rings. The van der Waals surface area contributed by atoms with Crippen molar-refractivity contribution in [1.29, 1.82) is 0 Å². The van der Waals surface area contributed by atoms with Crippen LogP contribution in [0.2, 0.25) is 30.4 Å². The molecule has 3 heterocycles. The summed E-state index contributed by atoms with van der Waals surface area (Å²) < 4.78 is 65.9. The van der Waals surface area contributed by atoms with E-state index in [0.29, 0.717) is 18.1 Å². The van der Waals surface area contributed by atoms with E-state index in [-0.39, 0.29) is 70.2 Å². The van der Waals surface area contributed by atoms with E-state index in [1.165, 1.54) is 48.8 Å². The molecule has 0 bridgehead atoms. The summed E-state index contributed by atoms with van der Waals surface area (Å²) in [6.45, 7) is 0.366. The second-order valence-electron chi connectivity index (χ2n) is 9.46. The lowest BCUT2D eigenvalue weighted by Gasteiger charge is -2.13. The first-order chi connectivity index (χ1) is 24.2. The Hall–Kier alpha value is -3.06. The maximum Gasteiger partial charge on any atom is 0.264 e. The zero-order valence-corrected chi connectivity index (χ0v) is 32.7. The van der Waals surface area contributed by atoms with Crippen molar-refractivity contribution in [2.75, 3.05) is 28.1 Å². The van der Waals surface area contributed by atoms with Crippen LogP contribution in [0.4, 0.5) is 11.6 Å². The molecule has 13 nitrogen and oxygen atoms in total. The standard InChI is InChI=1S/C16H11Cl3N4O3S.C13H12Cl3N3O3S2/c17-11-5-3-6-12(14(11)19)27(24,25)23-15-16(22-13(18)8-21-15)26-9-10-4-1-2-7-20-10;1-23-6-5-22-13-12(17-7-10(15)18-13)19-24(20,21)9-4-2-3-8(14)11(9)16/h1-8H,9H2,(H,21,23);2-4,7H,5-6H2,1H3,(H,17,19). The van der Waals surface area contributed by atoms with Crippen molar-refractivity contribution in [3.63, 3.8) is 0 Å². The van der Waals surface area contributed by atoms with Gasteiger partial charge >= 0.3 is 0 Å². The molecule has 22 heteroatoms. The van der Waals surface area contributed by atoms with Gasteiger partial charge in [0.05, 0.1) is 44.8 Å². The minimum absolute atomic E-state index is 0.0155. The summed E-state index contributed by atoms with van der Waals surface area (Å²) in [4.78, 5) is 19.5. The number of aromatic nitrogens is 5. The average molecular weight is 874 g/mol. The maximum absolute atomic E-state index is 12.7. The third kappa shape index (κ3) is 11.5. The minimum Gasteiger partial charge on any atom is -0.474 e. The topological polar surface area (TPSA) is 175 Å². The quantitative estimate of drug-likeness (QED) is 0.109. The van der Waals surface area contributed by atoms with Crippen molar-refractivity contribution in [3.05, 3.63) is 109 Å². The van der Waals surface area contributed by atoms with Gasteiger partial charge in [-0.2, -0.15) is 21.7 Å². The van der Waals surface area contributed by atoms with Crippen LogP contribution in [-0.4, -0.2) is 60.4 Å². The van der Waals surface area contributed by atoms with Crippen molar-refractivity contribution in [2.24, 2.45) is 0 Å². The second kappa shape index (κ2) is 18.6. The molecule has 0 saturated heterocycles. The number of thioether (sulfide) groups is 1. The number of benzene rings is 2. The van der Waals surface area contributed by atoms with E-state index in [1.54, 1.807) is 36.2 Å². The number of pyridine rings is 1. The molecule has 5 rings (SSSR count). The molecule has 3 aromatic heterocycles. The fraction of sp³-hybridized carbons (Fsp3) is 0.138. The smallest absolute Gasteiger partial charge is 0.264 e. The average Bonchev–Trinajstić information content (AvgIpc) is 3.09. The van der Waals surface area contributed by atoms with Gasteiger partial charge in [0, 0.05) is 11.9 Å². The van der Waals surface area contributed by atoms with Crippen LogP contribution in [0.3, 0.4) is 0 Å². The van der Waals surface area contributed by atoms with Gasteiger partial charge in [0.15, 0.2) is 10.3 Å². The zero-order valence-electron chi connectivity index (χ0n) is 25.7. The third-order valence-electron chi connectivity index (χ3n) is 5.90. The Balaban J connectivity index is 0.000000230. The van der Waals surface area contributed by atoms with Crippen molar-refractivity contribution in [1.82, 2.24) is 24.9 Å². The third-order valence-corrected chi connectivity index (χ3v) is 11.5. The monoisotopic (exact) mass is 871 g/mol. The van der Waals surface area contributed by atoms with E-state index in [1.807, 2.05) is 6.26 Å². The molecule has 0 amide bonds. The van der Waals surface area contributed by atoms with Crippen molar-refractivity contribution < 1.29 is 26.3 Å². The maximum atomic E-state index is 12.7. The van der Waals surface area contributed by atoms with E-state index in [4.69, 9.17) is 79.1 Å². The van der Waals surface area contributed by atoms with Crippen molar-refractivity contribution >= 4 is 113 Å². The second-order valence-corrected chi connectivity index (χ2v) is 16.1. The molecule has 0 atom stereocenters. The normalized spacial score (nSPS) is 11.3. The van der Waals surface area contributed by atoms with E-state index >= 15 is 0 Å². The Kier molecular flexibility index (Phi) is 14.9. The summed E-state index contributed by atoms with van der Waals surface area (Å²) in [7, 11) is -8.12. The Bertz CT molecular complexity index is 2210. The van der Waals surface area contributed by atoms with Crippen LogP contribution in [0.15, 0.2) is 83.0 Å². The van der Waals surface area contributed by atoms with Gasteiger partial charge in [-0.05, 0) is 42.7 Å². The highest BCUT2D eigenvalue weighted by Crippen LogP contribution is 2.33. The molecule has 0 radical (unpaired) electrons. The molecule has 2 N–H and O–H groups in total. The molecule has 0 unspecified atom stereocenters. The van der Waals surface area contributed by atoms with Gasteiger partial charge in [0.1, 0.15) is 16.4 Å². The van der Waals surface area contributed by atoms with Crippen LogP contribution in [0.25, 0.3) is 0 Å². The van der Waals surface area contributed by atoms with Gasteiger partial charge in [-0.1, -0.05) is 87.8 Å². The van der Waals surface area contributed by atoms with Crippen molar-refractivity contribution in [2.45, 2.75) is 16.4 Å². The van der Waals surface area contributed by atoms with Gasteiger partial charge in [-0.25, -0.2) is 26.8 Å². The van der Waals surface area contributed by atoms with Crippen LogP contribution in [0.5, 0.6) is 11.8 Å². The number of anilines is 2. The number of hydrogen-bond donors (Lipinski definition) is 2. The van der Waals surface area contributed by atoms with Crippen LogP contribution in [0, 0.1) is 0 Å². The minimum atomic E-state index is -4.09. The number of hydrogen-bond acceptors (Lipinski definition) is 12.